The molecule has 3 aromatic rings. The first-order valence-electron chi connectivity index (χ1n) is 9.69. The molecule has 0 aliphatic rings. The monoisotopic (exact) mass is 393 g/mol. The molecule has 2 atom stereocenters. The van der Waals surface area contributed by atoms with Crippen molar-refractivity contribution in [3.63, 3.8) is 0 Å². The summed E-state index contributed by atoms with van der Waals surface area (Å²) in [6.07, 6.45) is 0.0248. The molecule has 6 nitrogen and oxygen atoms in total. The number of nitrogens with zero attached hydrogens (tertiary/aromatic N) is 2. The van der Waals surface area contributed by atoms with Gasteiger partial charge in [0, 0.05) is 17.5 Å². The predicted molar refractivity (Wildman–Crippen MR) is 115 cm³/mol. The molecule has 0 saturated heterocycles. The van der Waals surface area contributed by atoms with E-state index in [9.17, 15) is 9.90 Å². The summed E-state index contributed by atoms with van der Waals surface area (Å²) in [7, 11) is 1.59. The van der Waals surface area contributed by atoms with Crippen LogP contribution in [0.1, 0.15) is 54.7 Å². The van der Waals surface area contributed by atoms with Crippen LogP contribution in [0.3, 0.4) is 0 Å². The van der Waals surface area contributed by atoms with Gasteiger partial charge in [-0.1, -0.05) is 36.8 Å². The van der Waals surface area contributed by atoms with E-state index in [2.05, 4.69) is 47.3 Å². The molecule has 1 aromatic heterocycles. The minimum Gasteiger partial charge on any atom is -0.496 e. The summed E-state index contributed by atoms with van der Waals surface area (Å²) < 4.78 is 5.53. The number of aromatic nitrogens is 2. The molecular weight excluding hydrogens is 366 g/mol. The van der Waals surface area contributed by atoms with Crippen LogP contribution >= 0.6 is 0 Å². The van der Waals surface area contributed by atoms with Crippen molar-refractivity contribution in [2.24, 2.45) is 0 Å². The summed E-state index contributed by atoms with van der Waals surface area (Å²) in [5.41, 5.74) is 3.97. The molecule has 3 rings (SSSR count). The van der Waals surface area contributed by atoms with Gasteiger partial charge < -0.3 is 15.2 Å². The molecule has 0 radical (unpaired) electrons. The van der Waals surface area contributed by atoms with Crippen LogP contribution in [0.25, 0.3) is 10.9 Å². The summed E-state index contributed by atoms with van der Waals surface area (Å²) in [6.45, 7) is 7.91. The van der Waals surface area contributed by atoms with Crippen LogP contribution in [0.15, 0.2) is 36.4 Å². The number of ether oxygens (including phenoxy) is 1. The van der Waals surface area contributed by atoms with E-state index in [-0.39, 0.29) is 18.4 Å². The molecule has 6 heteroatoms. The number of aryl methyl sites for hydroxylation is 2. The number of methoxy groups -OCH3 is 1. The van der Waals surface area contributed by atoms with E-state index in [1.807, 2.05) is 32.0 Å². The fraction of sp³-hybridized carbons (Fsp3) is 0.348. The Balaban J connectivity index is 2.07. The number of hydrogen-bond donors (Lipinski definition) is 2. The summed E-state index contributed by atoms with van der Waals surface area (Å²) in [4.78, 5) is 20.4. The van der Waals surface area contributed by atoms with E-state index in [4.69, 9.17) is 4.74 Å². The summed E-state index contributed by atoms with van der Waals surface area (Å²) in [5, 5.41) is 13.6. The van der Waals surface area contributed by atoms with E-state index in [1.165, 1.54) is 11.1 Å². The Morgan fingerprint density at radius 1 is 1.17 bits per heavy atom. The Morgan fingerprint density at radius 3 is 2.59 bits per heavy atom. The van der Waals surface area contributed by atoms with Crippen LogP contribution in [-0.2, 0) is 4.79 Å². The zero-order valence-corrected chi connectivity index (χ0v) is 17.5. The van der Waals surface area contributed by atoms with Gasteiger partial charge in [0.05, 0.1) is 19.0 Å². The van der Waals surface area contributed by atoms with E-state index in [0.29, 0.717) is 11.6 Å². The van der Waals surface area contributed by atoms with Gasteiger partial charge in [-0.2, -0.15) is 0 Å². The van der Waals surface area contributed by atoms with Gasteiger partial charge in [-0.05, 0) is 43.9 Å². The van der Waals surface area contributed by atoms with Crippen molar-refractivity contribution >= 4 is 22.7 Å². The van der Waals surface area contributed by atoms with Crippen LogP contribution in [-0.4, -0.2) is 28.2 Å². The predicted octanol–water partition coefficient (Wildman–Crippen LogP) is 5.01. The Kier molecular flexibility index (Phi) is 6.01. The molecule has 29 heavy (non-hydrogen) atoms. The standard InChI is InChI=1S/C23H27N3O3/c1-13-7-6-8-17(9-13)15(3)24-23-19-11-18(14(2)10-22(27)28)21(29-5)12-20(19)25-16(4)26-23/h6-9,11-12,14-15H,10H2,1-5H3,(H,27,28)(H,24,25,26)/t14?,15-/m1/s1. The van der Waals surface area contributed by atoms with Crippen LogP contribution < -0.4 is 10.1 Å². The summed E-state index contributed by atoms with van der Waals surface area (Å²) in [6, 6.07) is 12.2. The van der Waals surface area contributed by atoms with Crippen molar-refractivity contribution in [2.45, 2.75) is 46.1 Å². The quantitative estimate of drug-likeness (QED) is 0.587. The highest BCUT2D eigenvalue weighted by molar-refractivity contribution is 5.91. The number of nitrogens with one attached hydrogen (secondary N) is 1. The zero-order chi connectivity index (χ0) is 21.1. The number of fused-ring (bicyclic) bond motifs is 1. The molecule has 2 aromatic carbocycles. The molecule has 152 valence electrons. The Bertz CT molecular complexity index is 1050. The third-order valence-electron chi connectivity index (χ3n) is 5.07. The number of hydrogen-bond acceptors (Lipinski definition) is 5. The number of carboxylic acids is 1. The zero-order valence-electron chi connectivity index (χ0n) is 17.5. The molecule has 0 saturated carbocycles. The van der Waals surface area contributed by atoms with Gasteiger partial charge in [-0.25, -0.2) is 9.97 Å². The Hall–Kier alpha value is -3.15. The van der Waals surface area contributed by atoms with Gasteiger partial charge in [0.2, 0.25) is 0 Å². The lowest BCUT2D eigenvalue weighted by molar-refractivity contribution is -0.137. The lowest BCUT2D eigenvalue weighted by Gasteiger charge is -2.19. The van der Waals surface area contributed by atoms with Crippen molar-refractivity contribution in [3.8, 4) is 5.75 Å². The smallest absolute Gasteiger partial charge is 0.303 e. The van der Waals surface area contributed by atoms with Gasteiger partial charge in [0.1, 0.15) is 17.4 Å². The van der Waals surface area contributed by atoms with Crippen LogP contribution in [0.2, 0.25) is 0 Å². The molecule has 0 bridgehead atoms. The molecule has 1 unspecified atom stereocenters. The highest BCUT2D eigenvalue weighted by Gasteiger charge is 2.19. The maximum atomic E-state index is 11.2. The maximum Gasteiger partial charge on any atom is 0.303 e. The van der Waals surface area contributed by atoms with Gasteiger partial charge in [0.15, 0.2) is 0 Å². The van der Waals surface area contributed by atoms with Crippen LogP contribution in [0.4, 0.5) is 5.82 Å². The number of anilines is 1. The van der Waals surface area contributed by atoms with Gasteiger partial charge >= 0.3 is 5.97 Å². The molecular formula is C23H27N3O3. The molecule has 0 fully saturated rings. The fourth-order valence-electron chi connectivity index (χ4n) is 3.56. The van der Waals surface area contributed by atoms with Crippen molar-refractivity contribution < 1.29 is 14.6 Å². The normalized spacial score (nSPS) is 13.1. The number of carbonyl (C=O) groups is 1. The second-order valence-electron chi connectivity index (χ2n) is 7.51. The third-order valence-corrected chi connectivity index (χ3v) is 5.07. The number of aliphatic carboxylic acids is 1. The van der Waals surface area contributed by atoms with Crippen LogP contribution in [0.5, 0.6) is 5.75 Å². The lowest BCUT2D eigenvalue weighted by Crippen LogP contribution is -2.10. The topological polar surface area (TPSA) is 84.3 Å². The first-order valence-corrected chi connectivity index (χ1v) is 9.69. The second-order valence-corrected chi connectivity index (χ2v) is 7.51. The van der Waals surface area contributed by atoms with E-state index in [0.717, 1.165) is 22.3 Å². The number of benzene rings is 2. The summed E-state index contributed by atoms with van der Waals surface area (Å²) >= 11 is 0. The summed E-state index contributed by atoms with van der Waals surface area (Å²) in [5.74, 6) is 0.987. The fourth-order valence-corrected chi connectivity index (χ4v) is 3.56. The molecule has 0 spiro atoms. The maximum absolute atomic E-state index is 11.2. The van der Waals surface area contributed by atoms with Gasteiger partial charge in [-0.3, -0.25) is 4.79 Å². The minimum absolute atomic E-state index is 0.0248. The highest BCUT2D eigenvalue weighted by Crippen LogP contribution is 2.35. The Morgan fingerprint density at radius 2 is 1.93 bits per heavy atom. The van der Waals surface area contributed by atoms with Crippen molar-refractivity contribution in [1.29, 1.82) is 0 Å². The van der Waals surface area contributed by atoms with E-state index in [1.54, 1.807) is 7.11 Å². The number of rotatable bonds is 7. The average Bonchev–Trinajstić information content (AvgIpc) is 2.66. The van der Waals surface area contributed by atoms with Gasteiger partial charge in [0.25, 0.3) is 0 Å². The average molecular weight is 393 g/mol. The van der Waals surface area contributed by atoms with E-state index >= 15 is 0 Å². The first-order chi connectivity index (χ1) is 13.8. The molecule has 0 aliphatic heterocycles. The van der Waals surface area contributed by atoms with Crippen molar-refractivity contribution in [3.05, 3.63) is 58.9 Å². The largest absolute Gasteiger partial charge is 0.496 e. The second kappa shape index (κ2) is 8.47. The number of carboxylic acid groups (broad SMARTS) is 1. The Labute approximate surface area is 171 Å². The minimum atomic E-state index is -0.841. The first kappa shape index (κ1) is 20.6. The van der Waals surface area contributed by atoms with Crippen molar-refractivity contribution in [2.75, 3.05) is 12.4 Å². The SMILES string of the molecule is COc1cc2nc(C)nc(N[C@H](C)c3cccc(C)c3)c2cc1C(C)CC(=O)O. The third kappa shape index (κ3) is 4.65. The molecule has 2 N–H and O–H groups in total. The van der Waals surface area contributed by atoms with Crippen molar-refractivity contribution in [1.82, 2.24) is 9.97 Å². The highest BCUT2D eigenvalue weighted by atomic mass is 16.5. The molecule has 1 heterocycles. The van der Waals surface area contributed by atoms with Gasteiger partial charge in [-0.15, -0.1) is 0 Å². The lowest BCUT2D eigenvalue weighted by atomic mass is 9.95. The van der Waals surface area contributed by atoms with E-state index < -0.39 is 5.97 Å². The molecule has 0 aliphatic carbocycles. The molecule has 0 amide bonds. The van der Waals surface area contributed by atoms with Crippen LogP contribution in [0, 0.1) is 13.8 Å².